The zero-order chi connectivity index (χ0) is 18.7. The van der Waals surface area contributed by atoms with Crippen molar-refractivity contribution in [2.45, 2.75) is 24.6 Å². The molecule has 0 aliphatic rings. The molecule has 0 N–H and O–H groups in total. The molecule has 0 spiro atoms. The highest BCUT2D eigenvalue weighted by Gasteiger charge is 2.18. The minimum Gasteiger partial charge on any atom is -0.420 e. The van der Waals surface area contributed by atoms with Crippen molar-refractivity contribution in [2.75, 3.05) is 0 Å². The van der Waals surface area contributed by atoms with E-state index in [-0.39, 0.29) is 11.3 Å². The number of benzene rings is 1. The Hall–Kier alpha value is -2.19. The summed E-state index contributed by atoms with van der Waals surface area (Å²) in [6.45, 7) is 3.69. The molecule has 3 aromatic rings. The second-order valence-corrected chi connectivity index (χ2v) is 7.29. The fourth-order valence-corrected chi connectivity index (χ4v) is 3.69. The van der Waals surface area contributed by atoms with Crippen molar-refractivity contribution in [1.82, 2.24) is 10.1 Å². The van der Waals surface area contributed by atoms with Gasteiger partial charge in [0.25, 0.3) is 0 Å². The third kappa shape index (κ3) is 4.13. The summed E-state index contributed by atoms with van der Waals surface area (Å²) in [4.78, 5) is 16.7. The molecule has 8 heteroatoms. The number of hydrogen-bond donors (Lipinski definition) is 0. The molecule has 1 aromatic carbocycles. The van der Waals surface area contributed by atoms with Gasteiger partial charge in [-0.25, -0.2) is 14.2 Å². The van der Waals surface area contributed by atoms with Crippen molar-refractivity contribution in [3.8, 4) is 5.75 Å². The number of aryl methyl sites for hydroxylation is 2. The molecule has 0 aliphatic carbocycles. The highest BCUT2D eigenvalue weighted by Crippen LogP contribution is 2.28. The molecule has 0 radical (unpaired) electrons. The minimum absolute atomic E-state index is 0.135. The second kappa shape index (κ2) is 8.01. The highest BCUT2D eigenvalue weighted by atomic mass is 79.9. The number of nitrogens with zero attached hydrogens (tertiary/aromatic N) is 2. The molecule has 0 saturated heterocycles. The maximum Gasteiger partial charge on any atom is 0.346 e. The van der Waals surface area contributed by atoms with Gasteiger partial charge in [0.15, 0.2) is 11.6 Å². The van der Waals surface area contributed by atoms with Crippen LogP contribution in [0.1, 0.15) is 27.4 Å². The largest absolute Gasteiger partial charge is 0.420 e. The summed E-state index contributed by atoms with van der Waals surface area (Å²) in [6, 6.07) is 7.46. The van der Waals surface area contributed by atoms with Gasteiger partial charge in [0.05, 0.1) is 11.3 Å². The number of halogens is 2. The molecule has 26 heavy (non-hydrogen) atoms. The number of ether oxygens (including phenoxy) is 1. The van der Waals surface area contributed by atoms with Crippen molar-refractivity contribution in [3.05, 3.63) is 69.4 Å². The Labute approximate surface area is 162 Å². The Balaban J connectivity index is 1.79. The Kier molecular flexibility index (Phi) is 5.73. The predicted molar refractivity (Wildman–Crippen MR) is 98.8 cm³/mol. The molecule has 0 unspecified atom stereocenters. The molecule has 0 fully saturated rings. The van der Waals surface area contributed by atoms with Gasteiger partial charge < -0.3 is 9.26 Å². The fraction of sp³-hybridized carbons (Fsp3) is 0.167. The molecule has 2 heterocycles. The summed E-state index contributed by atoms with van der Waals surface area (Å²) >= 11 is 4.53. The standard InChI is InChI=1S/C18H14BrFN2O3S/c1-10-14(11(2)25-22-10)9-26-17-13(4-3-7-21-17)18(23)24-16-6-5-12(19)8-15(16)20/h3-8H,9H2,1-2H3. The summed E-state index contributed by atoms with van der Waals surface area (Å²) in [5, 5.41) is 4.41. The Morgan fingerprint density at radius 3 is 2.85 bits per heavy atom. The van der Waals surface area contributed by atoms with E-state index in [4.69, 9.17) is 9.26 Å². The number of carbonyl (C=O) groups is 1. The first kappa shape index (κ1) is 18.6. The number of carbonyl (C=O) groups excluding carboxylic acids is 1. The smallest absolute Gasteiger partial charge is 0.346 e. The van der Waals surface area contributed by atoms with Crippen molar-refractivity contribution in [3.63, 3.8) is 0 Å². The Morgan fingerprint density at radius 1 is 1.35 bits per heavy atom. The van der Waals surface area contributed by atoms with Gasteiger partial charge in [-0.05, 0) is 44.2 Å². The van der Waals surface area contributed by atoms with Crippen LogP contribution in [0.3, 0.4) is 0 Å². The molecule has 0 aliphatic heterocycles. The molecule has 2 aromatic heterocycles. The lowest BCUT2D eigenvalue weighted by atomic mass is 10.2. The zero-order valence-corrected chi connectivity index (χ0v) is 16.4. The van der Waals surface area contributed by atoms with Gasteiger partial charge in [-0.1, -0.05) is 21.1 Å². The SMILES string of the molecule is Cc1noc(C)c1CSc1ncccc1C(=O)Oc1ccc(Br)cc1F. The van der Waals surface area contributed by atoms with E-state index in [0.29, 0.717) is 15.3 Å². The molecule has 0 amide bonds. The van der Waals surface area contributed by atoms with Crippen LogP contribution in [0.2, 0.25) is 0 Å². The number of pyridine rings is 1. The summed E-state index contributed by atoms with van der Waals surface area (Å²) in [7, 11) is 0. The minimum atomic E-state index is -0.666. The summed E-state index contributed by atoms with van der Waals surface area (Å²) < 4.78 is 24.8. The summed E-state index contributed by atoms with van der Waals surface area (Å²) in [6.07, 6.45) is 1.59. The van der Waals surface area contributed by atoms with Gasteiger partial charge in [0.2, 0.25) is 0 Å². The first-order chi connectivity index (χ1) is 12.5. The van der Waals surface area contributed by atoms with Crippen LogP contribution in [0.4, 0.5) is 4.39 Å². The molecule has 5 nitrogen and oxygen atoms in total. The van der Waals surface area contributed by atoms with Gasteiger partial charge >= 0.3 is 5.97 Å². The number of aromatic nitrogens is 2. The van der Waals surface area contributed by atoms with E-state index in [1.807, 2.05) is 13.8 Å². The number of hydrogen-bond acceptors (Lipinski definition) is 6. The van der Waals surface area contributed by atoms with E-state index in [1.54, 1.807) is 24.4 Å². The van der Waals surface area contributed by atoms with Crippen molar-refractivity contribution in [1.29, 1.82) is 0 Å². The lowest BCUT2D eigenvalue weighted by Gasteiger charge is -2.09. The molecule has 3 rings (SSSR count). The van der Waals surface area contributed by atoms with E-state index in [2.05, 4.69) is 26.1 Å². The van der Waals surface area contributed by atoms with E-state index >= 15 is 0 Å². The molecule has 0 saturated carbocycles. The zero-order valence-electron chi connectivity index (χ0n) is 14.0. The first-order valence-corrected chi connectivity index (χ1v) is 9.40. The molecule has 0 bridgehead atoms. The molecule has 0 atom stereocenters. The van der Waals surface area contributed by atoms with Crippen LogP contribution in [-0.4, -0.2) is 16.1 Å². The lowest BCUT2D eigenvalue weighted by molar-refractivity contribution is 0.0723. The number of rotatable bonds is 5. The normalized spacial score (nSPS) is 10.8. The number of thioether (sulfide) groups is 1. The fourth-order valence-electron chi connectivity index (χ4n) is 2.22. The average molecular weight is 437 g/mol. The average Bonchev–Trinajstić information content (AvgIpc) is 2.94. The quantitative estimate of drug-likeness (QED) is 0.315. The third-order valence-electron chi connectivity index (χ3n) is 3.62. The van der Waals surface area contributed by atoms with Crippen LogP contribution >= 0.6 is 27.7 Å². The van der Waals surface area contributed by atoms with Gasteiger partial charge in [-0.15, -0.1) is 11.8 Å². The van der Waals surface area contributed by atoms with E-state index in [0.717, 1.165) is 17.0 Å². The van der Waals surface area contributed by atoms with Gasteiger partial charge in [0.1, 0.15) is 10.8 Å². The Bertz CT molecular complexity index is 942. The Morgan fingerprint density at radius 2 is 2.15 bits per heavy atom. The van der Waals surface area contributed by atoms with Crippen LogP contribution in [0.5, 0.6) is 5.75 Å². The molecular weight excluding hydrogens is 423 g/mol. The van der Waals surface area contributed by atoms with Crippen molar-refractivity contribution >= 4 is 33.7 Å². The highest BCUT2D eigenvalue weighted by molar-refractivity contribution is 9.10. The predicted octanol–water partition coefficient (Wildman–Crippen LogP) is 5.10. The number of esters is 1. The van der Waals surface area contributed by atoms with Crippen LogP contribution in [0.15, 0.2) is 50.6 Å². The second-order valence-electron chi connectivity index (χ2n) is 5.41. The van der Waals surface area contributed by atoms with Gasteiger partial charge in [-0.3, -0.25) is 0 Å². The van der Waals surface area contributed by atoms with Gasteiger partial charge in [0, 0.05) is 22.0 Å². The molecular formula is C18H14BrFN2O3S. The third-order valence-corrected chi connectivity index (χ3v) is 5.15. The van der Waals surface area contributed by atoms with Crippen LogP contribution in [0, 0.1) is 19.7 Å². The van der Waals surface area contributed by atoms with Crippen LogP contribution < -0.4 is 4.74 Å². The van der Waals surface area contributed by atoms with E-state index < -0.39 is 11.8 Å². The summed E-state index contributed by atoms with van der Waals surface area (Å²) in [5.41, 5.74) is 2.03. The van der Waals surface area contributed by atoms with Gasteiger partial charge in [-0.2, -0.15) is 0 Å². The summed E-state index contributed by atoms with van der Waals surface area (Å²) in [5.74, 6) is -0.150. The van der Waals surface area contributed by atoms with E-state index in [9.17, 15) is 9.18 Å². The maximum absolute atomic E-state index is 13.9. The first-order valence-electron chi connectivity index (χ1n) is 7.62. The topological polar surface area (TPSA) is 65.2 Å². The maximum atomic E-state index is 13.9. The van der Waals surface area contributed by atoms with Crippen molar-refractivity contribution < 1.29 is 18.4 Å². The monoisotopic (exact) mass is 436 g/mol. The van der Waals surface area contributed by atoms with Crippen LogP contribution in [-0.2, 0) is 5.75 Å². The lowest BCUT2D eigenvalue weighted by Crippen LogP contribution is -2.11. The van der Waals surface area contributed by atoms with Crippen molar-refractivity contribution in [2.24, 2.45) is 0 Å². The van der Waals surface area contributed by atoms with Crippen LogP contribution in [0.25, 0.3) is 0 Å². The van der Waals surface area contributed by atoms with E-state index in [1.165, 1.54) is 23.9 Å². The molecule has 134 valence electrons.